The lowest BCUT2D eigenvalue weighted by Crippen LogP contribution is -2.18. The molecule has 0 aliphatic rings. The van der Waals surface area contributed by atoms with E-state index in [1.807, 2.05) is 30.3 Å². The number of aryl methyl sites for hydroxylation is 1. The predicted molar refractivity (Wildman–Crippen MR) is 85.9 cm³/mol. The molecular formula is C18H23NO2. The molecule has 2 rings (SSSR count). The van der Waals surface area contributed by atoms with E-state index >= 15 is 0 Å². The number of benzene rings is 2. The van der Waals surface area contributed by atoms with Gasteiger partial charge in [0.2, 0.25) is 0 Å². The second-order valence-corrected chi connectivity index (χ2v) is 4.88. The molecule has 0 aliphatic heterocycles. The molecular weight excluding hydrogens is 262 g/mol. The first-order valence-electron chi connectivity index (χ1n) is 7.38. The van der Waals surface area contributed by atoms with Gasteiger partial charge < -0.3 is 14.8 Å². The highest BCUT2D eigenvalue weighted by Crippen LogP contribution is 2.25. The summed E-state index contributed by atoms with van der Waals surface area (Å²) in [6.45, 7) is 4.46. The van der Waals surface area contributed by atoms with Crippen molar-refractivity contribution in [1.29, 1.82) is 0 Å². The maximum absolute atomic E-state index is 5.99. The molecule has 1 N–H and O–H groups in total. The summed E-state index contributed by atoms with van der Waals surface area (Å²) in [6.07, 6.45) is 1.04. The lowest BCUT2D eigenvalue weighted by molar-refractivity contribution is 0.199. The molecule has 0 aliphatic carbocycles. The normalized spacial score (nSPS) is 10.6. The monoisotopic (exact) mass is 285 g/mol. The molecule has 2 aromatic rings. The van der Waals surface area contributed by atoms with E-state index in [4.69, 9.17) is 9.47 Å². The Bertz CT molecular complexity index is 537. The third-order valence-corrected chi connectivity index (χ3v) is 3.33. The average Bonchev–Trinajstić information content (AvgIpc) is 2.54. The van der Waals surface area contributed by atoms with Crippen molar-refractivity contribution in [1.82, 2.24) is 5.32 Å². The number of hydrogen-bond acceptors (Lipinski definition) is 3. The Balaban J connectivity index is 2.01. The van der Waals surface area contributed by atoms with Crippen LogP contribution in [0.2, 0.25) is 0 Å². The van der Waals surface area contributed by atoms with Crippen molar-refractivity contribution in [2.75, 3.05) is 20.3 Å². The highest BCUT2D eigenvalue weighted by Gasteiger charge is 2.04. The number of methoxy groups -OCH3 is 1. The van der Waals surface area contributed by atoms with E-state index in [-0.39, 0.29) is 0 Å². The highest BCUT2D eigenvalue weighted by molar-refractivity contribution is 5.38. The van der Waals surface area contributed by atoms with Crippen LogP contribution in [0, 0.1) is 0 Å². The van der Waals surface area contributed by atoms with Crippen molar-refractivity contribution in [3.8, 4) is 11.5 Å². The molecule has 112 valence electrons. The molecule has 0 unspecified atom stereocenters. The first kappa shape index (κ1) is 15.5. The van der Waals surface area contributed by atoms with E-state index in [0.29, 0.717) is 6.61 Å². The molecule has 3 nitrogen and oxygen atoms in total. The number of para-hydroxylation sites is 1. The minimum absolute atomic E-state index is 0.710. The van der Waals surface area contributed by atoms with Crippen LogP contribution in [-0.2, 0) is 17.7 Å². The van der Waals surface area contributed by atoms with Crippen molar-refractivity contribution in [3.63, 3.8) is 0 Å². The van der Waals surface area contributed by atoms with Crippen LogP contribution >= 0.6 is 0 Å². The molecule has 0 saturated heterocycles. The van der Waals surface area contributed by atoms with Crippen LogP contribution in [-0.4, -0.2) is 20.3 Å². The van der Waals surface area contributed by atoms with Gasteiger partial charge in [-0.15, -0.1) is 0 Å². The molecule has 3 heteroatoms. The Labute approximate surface area is 126 Å². The van der Waals surface area contributed by atoms with Crippen LogP contribution < -0.4 is 10.1 Å². The van der Waals surface area contributed by atoms with Crippen molar-refractivity contribution < 1.29 is 9.47 Å². The Morgan fingerprint density at radius 2 is 1.76 bits per heavy atom. The molecule has 0 heterocycles. The van der Waals surface area contributed by atoms with Gasteiger partial charge in [-0.3, -0.25) is 0 Å². The Morgan fingerprint density at radius 3 is 2.48 bits per heavy atom. The SMILES string of the molecule is CCc1ccc(Oc2ccccc2CNCCOC)cc1. The van der Waals surface area contributed by atoms with Gasteiger partial charge in [-0.05, 0) is 30.2 Å². The van der Waals surface area contributed by atoms with Crippen LogP contribution in [0.1, 0.15) is 18.1 Å². The van der Waals surface area contributed by atoms with Crippen LogP contribution in [0.4, 0.5) is 0 Å². The van der Waals surface area contributed by atoms with Gasteiger partial charge in [0.05, 0.1) is 6.61 Å². The van der Waals surface area contributed by atoms with Gasteiger partial charge in [0.1, 0.15) is 11.5 Å². The lowest BCUT2D eigenvalue weighted by Gasteiger charge is -2.12. The van der Waals surface area contributed by atoms with E-state index < -0.39 is 0 Å². The summed E-state index contributed by atoms with van der Waals surface area (Å²) in [4.78, 5) is 0. The quantitative estimate of drug-likeness (QED) is 0.749. The van der Waals surface area contributed by atoms with E-state index in [0.717, 1.165) is 36.6 Å². The minimum Gasteiger partial charge on any atom is -0.457 e. The molecule has 0 radical (unpaired) electrons. The summed E-state index contributed by atoms with van der Waals surface area (Å²) in [5.74, 6) is 1.77. The molecule has 0 amide bonds. The summed E-state index contributed by atoms with van der Waals surface area (Å²) in [5, 5.41) is 3.34. The molecule has 0 fully saturated rings. The van der Waals surface area contributed by atoms with Crippen LogP contribution in [0.3, 0.4) is 0 Å². The second kappa shape index (κ2) is 8.45. The van der Waals surface area contributed by atoms with Crippen LogP contribution in [0.15, 0.2) is 48.5 Å². The topological polar surface area (TPSA) is 30.5 Å². The minimum atomic E-state index is 0.710. The first-order valence-corrected chi connectivity index (χ1v) is 7.38. The lowest BCUT2D eigenvalue weighted by atomic mass is 10.1. The Morgan fingerprint density at radius 1 is 1.00 bits per heavy atom. The number of hydrogen-bond donors (Lipinski definition) is 1. The summed E-state index contributed by atoms with van der Waals surface area (Å²) < 4.78 is 11.0. The van der Waals surface area contributed by atoms with Gasteiger partial charge in [-0.1, -0.05) is 37.3 Å². The van der Waals surface area contributed by atoms with Crippen molar-refractivity contribution in [3.05, 3.63) is 59.7 Å². The zero-order chi connectivity index (χ0) is 14.9. The average molecular weight is 285 g/mol. The summed E-state index contributed by atoms with van der Waals surface area (Å²) in [5.41, 5.74) is 2.46. The van der Waals surface area contributed by atoms with E-state index in [2.05, 4.69) is 30.4 Å². The molecule has 0 aromatic heterocycles. The predicted octanol–water partition coefficient (Wildman–Crippen LogP) is 3.78. The van der Waals surface area contributed by atoms with E-state index in [1.54, 1.807) is 7.11 Å². The zero-order valence-electron chi connectivity index (χ0n) is 12.8. The maximum atomic E-state index is 5.99. The Hall–Kier alpha value is -1.84. The van der Waals surface area contributed by atoms with Crippen LogP contribution in [0.5, 0.6) is 11.5 Å². The van der Waals surface area contributed by atoms with E-state index in [1.165, 1.54) is 5.56 Å². The van der Waals surface area contributed by atoms with Gasteiger partial charge in [0.25, 0.3) is 0 Å². The molecule has 0 saturated carbocycles. The second-order valence-electron chi connectivity index (χ2n) is 4.88. The summed E-state index contributed by atoms with van der Waals surface area (Å²) in [7, 11) is 1.71. The van der Waals surface area contributed by atoms with Crippen LogP contribution in [0.25, 0.3) is 0 Å². The molecule has 0 spiro atoms. The fourth-order valence-corrected chi connectivity index (χ4v) is 2.07. The summed E-state index contributed by atoms with van der Waals surface area (Å²) >= 11 is 0. The first-order chi connectivity index (χ1) is 10.3. The fraction of sp³-hybridized carbons (Fsp3) is 0.333. The highest BCUT2D eigenvalue weighted by atomic mass is 16.5. The van der Waals surface area contributed by atoms with Crippen molar-refractivity contribution in [2.24, 2.45) is 0 Å². The number of ether oxygens (including phenoxy) is 2. The third kappa shape index (κ3) is 4.88. The van der Waals surface area contributed by atoms with Gasteiger partial charge in [-0.2, -0.15) is 0 Å². The maximum Gasteiger partial charge on any atom is 0.131 e. The fourth-order valence-electron chi connectivity index (χ4n) is 2.07. The largest absolute Gasteiger partial charge is 0.457 e. The van der Waals surface area contributed by atoms with Gasteiger partial charge in [-0.25, -0.2) is 0 Å². The summed E-state index contributed by atoms with van der Waals surface area (Å²) in [6, 6.07) is 16.4. The van der Waals surface area contributed by atoms with E-state index in [9.17, 15) is 0 Å². The number of rotatable bonds is 8. The Kier molecular flexibility index (Phi) is 6.25. The number of nitrogens with one attached hydrogen (secondary N) is 1. The zero-order valence-corrected chi connectivity index (χ0v) is 12.8. The van der Waals surface area contributed by atoms with Crippen molar-refractivity contribution in [2.45, 2.75) is 19.9 Å². The molecule has 0 bridgehead atoms. The third-order valence-electron chi connectivity index (χ3n) is 3.33. The molecule has 21 heavy (non-hydrogen) atoms. The smallest absolute Gasteiger partial charge is 0.131 e. The van der Waals surface area contributed by atoms with Gasteiger partial charge in [0, 0.05) is 25.8 Å². The standard InChI is InChI=1S/C18H23NO2/c1-3-15-8-10-17(11-9-15)21-18-7-5-4-6-16(18)14-19-12-13-20-2/h4-11,19H,3,12-14H2,1-2H3. The van der Waals surface area contributed by atoms with Gasteiger partial charge in [0.15, 0.2) is 0 Å². The van der Waals surface area contributed by atoms with Gasteiger partial charge >= 0.3 is 0 Å². The molecule has 0 atom stereocenters. The van der Waals surface area contributed by atoms with Crippen molar-refractivity contribution >= 4 is 0 Å². The molecule has 2 aromatic carbocycles.